The van der Waals surface area contributed by atoms with Crippen LogP contribution in [-0.2, 0) is 6.54 Å². The molecule has 1 rings (SSSR count). The summed E-state index contributed by atoms with van der Waals surface area (Å²) in [4.78, 5) is 4.66. The molecule has 0 saturated carbocycles. The molecule has 0 saturated heterocycles. The number of hydrogen-bond acceptors (Lipinski definition) is 3. The minimum Gasteiger partial charge on any atom is -0.491 e. The average Bonchev–Trinajstić information content (AvgIpc) is 2.52. The summed E-state index contributed by atoms with van der Waals surface area (Å²) in [6, 6.07) is 8.15. The zero-order valence-corrected chi connectivity index (χ0v) is 15.7. The lowest BCUT2D eigenvalue weighted by Gasteiger charge is -2.12. The molecule has 1 aromatic rings. The molecule has 0 fully saturated rings. The van der Waals surface area contributed by atoms with Crippen LogP contribution in [0.2, 0.25) is 0 Å². The van der Waals surface area contributed by atoms with Crippen molar-refractivity contribution in [3.05, 3.63) is 29.8 Å². The van der Waals surface area contributed by atoms with Crippen molar-refractivity contribution in [2.24, 2.45) is 4.99 Å². The molecule has 0 aliphatic rings. The first kappa shape index (κ1) is 19.7. The molecule has 0 aromatic heterocycles. The summed E-state index contributed by atoms with van der Waals surface area (Å²) in [5.74, 6) is 3.01. The monoisotopic (exact) mass is 337 g/mol. The molecule has 4 nitrogen and oxygen atoms in total. The first-order valence-electron chi connectivity index (χ1n) is 8.42. The number of benzene rings is 1. The van der Waals surface area contributed by atoms with Gasteiger partial charge in [0.2, 0.25) is 0 Å². The van der Waals surface area contributed by atoms with Crippen molar-refractivity contribution in [2.75, 3.05) is 25.1 Å². The molecule has 0 amide bonds. The van der Waals surface area contributed by atoms with Crippen molar-refractivity contribution in [3.8, 4) is 5.75 Å². The Morgan fingerprint density at radius 1 is 1.26 bits per heavy atom. The fraction of sp³-hybridized carbons (Fsp3) is 0.611. The summed E-state index contributed by atoms with van der Waals surface area (Å²) in [7, 11) is 0. The lowest BCUT2D eigenvalue weighted by molar-refractivity contribution is 0.242. The molecular formula is C18H31N3OS. The van der Waals surface area contributed by atoms with E-state index in [1.807, 2.05) is 37.7 Å². The second-order valence-electron chi connectivity index (χ2n) is 5.64. The Balaban J connectivity index is 2.52. The van der Waals surface area contributed by atoms with E-state index in [-0.39, 0.29) is 6.10 Å². The fourth-order valence-corrected chi connectivity index (χ4v) is 2.57. The molecular weight excluding hydrogens is 306 g/mol. The normalized spacial score (nSPS) is 11.6. The van der Waals surface area contributed by atoms with Crippen molar-refractivity contribution in [1.82, 2.24) is 10.6 Å². The largest absolute Gasteiger partial charge is 0.491 e. The van der Waals surface area contributed by atoms with E-state index in [0.29, 0.717) is 6.54 Å². The smallest absolute Gasteiger partial charge is 0.191 e. The van der Waals surface area contributed by atoms with Crippen molar-refractivity contribution in [2.45, 2.75) is 46.3 Å². The Morgan fingerprint density at radius 2 is 2.09 bits per heavy atom. The first-order chi connectivity index (χ1) is 11.2. The Kier molecular flexibility index (Phi) is 10.4. The number of aliphatic imine (C=N–C) groups is 1. The number of nitrogens with zero attached hydrogens (tertiary/aromatic N) is 1. The molecule has 23 heavy (non-hydrogen) atoms. The van der Waals surface area contributed by atoms with Crippen LogP contribution in [-0.4, -0.2) is 37.2 Å². The second-order valence-corrected chi connectivity index (χ2v) is 6.62. The Hall–Kier alpha value is -1.36. The SMILES string of the molecule is CCNC(=NCc1cccc(OC(C)C)c1)NCCCCSC. The van der Waals surface area contributed by atoms with Gasteiger partial charge in [0, 0.05) is 13.1 Å². The number of nitrogens with one attached hydrogen (secondary N) is 2. The van der Waals surface area contributed by atoms with Crippen LogP contribution >= 0.6 is 11.8 Å². The predicted molar refractivity (Wildman–Crippen MR) is 103 cm³/mol. The maximum atomic E-state index is 5.73. The van der Waals surface area contributed by atoms with Gasteiger partial charge in [-0.3, -0.25) is 0 Å². The van der Waals surface area contributed by atoms with Crippen LogP contribution < -0.4 is 15.4 Å². The third kappa shape index (κ3) is 9.39. The summed E-state index contributed by atoms with van der Waals surface area (Å²) in [6.45, 7) is 8.64. The molecule has 5 heteroatoms. The first-order valence-corrected chi connectivity index (χ1v) is 9.81. The highest BCUT2D eigenvalue weighted by Crippen LogP contribution is 2.15. The molecule has 0 heterocycles. The van der Waals surface area contributed by atoms with E-state index >= 15 is 0 Å². The number of rotatable bonds is 10. The summed E-state index contributed by atoms with van der Waals surface area (Å²) < 4.78 is 5.73. The lowest BCUT2D eigenvalue weighted by Crippen LogP contribution is -2.37. The van der Waals surface area contributed by atoms with Gasteiger partial charge in [0.05, 0.1) is 12.6 Å². The molecule has 130 valence electrons. The van der Waals surface area contributed by atoms with Gasteiger partial charge >= 0.3 is 0 Å². The maximum Gasteiger partial charge on any atom is 0.191 e. The minimum absolute atomic E-state index is 0.189. The maximum absolute atomic E-state index is 5.73. The topological polar surface area (TPSA) is 45.7 Å². The van der Waals surface area contributed by atoms with Crippen LogP contribution in [0.4, 0.5) is 0 Å². The molecule has 0 aliphatic heterocycles. The average molecular weight is 338 g/mol. The van der Waals surface area contributed by atoms with Gasteiger partial charge in [-0.2, -0.15) is 11.8 Å². The quantitative estimate of drug-likeness (QED) is 0.388. The summed E-state index contributed by atoms with van der Waals surface area (Å²) in [6.07, 6.45) is 4.75. The van der Waals surface area contributed by atoms with Gasteiger partial charge in [-0.05, 0) is 63.3 Å². The van der Waals surface area contributed by atoms with Crippen LogP contribution in [0.3, 0.4) is 0 Å². The standard InChI is InChI=1S/C18H31N3OS/c1-5-19-18(20-11-6-7-12-23-4)21-14-16-9-8-10-17(13-16)22-15(2)3/h8-10,13,15H,5-7,11-12,14H2,1-4H3,(H2,19,20,21). The van der Waals surface area contributed by atoms with Crippen LogP contribution in [0.5, 0.6) is 5.75 Å². The number of thioether (sulfide) groups is 1. The Labute approximate surface area is 145 Å². The highest BCUT2D eigenvalue weighted by atomic mass is 32.2. The van der Waals surface area contributed by atoms with Crippen LogP contribution in [0, 0.1) is 0 Å². The molecule has 0 radical (unpaired) electrons. The van der Waals surface area contributed by atoms with Crippen molar-refractivity contribution < 1.29 is 4.74 Å². The van der Waals surface area contributed by atoms with Crippen molar-refractivity contribution in [3.63, 3.8) is 0 Å². The van der Waals surface area contributed by atoms with Crippen LogP contribution in [0.15, 0.2) is 29.3 Å². The highest BCUT2D eigenvalue weighted by Gasteiger charge is 2.01. The van der Waals surface area contributed by atoms with Gasteiger partial charge < -0.3 is 15.4 Å². The van der Waals surface area contributed by atoms with Gasteiger partial charge in [0.15, 0.2) is 5.96 Å². The van der Waals surface area contributed by atoms with Crippen molar-refractivity contribution in [1.29, 1.82) is 0 Å². The minimum atomic E-state index is 0.189. The predicted octanol–water partition coefficient (Wildman–Crippen LogP) is 3.67. The second kappa shape index (κ2) is 12.1. The van der Waals surface area contributed by atoms with Gasteiger partial charge in [-0.1, -0.05) is 12.1 Å². The highest BCUT2D eigenvalue weighted by molar-refractivity contribution is 7.98. The molecule has 2 N–H and O–H groups in total. The summed E-state index contributed by atoms with van der Waals surface area (Å²) in [5, 5.41) is 6.69. The summed E-state index contributed by atoms with van der Waals surface area (Å²) >= 11 is 1.90. The number of ether oxygens (including phenoxy) is 1. The van der Waals surface area contributed by atoms with E-state index in [9.17, 15) is 0 Å². The van der Waals surface area contributed by atoms with Gasteiger partial charge in [0.1, 0.15) is 5.75 Å². The lowest BCUT2D eigenvalue weighted by atomic mass is 10.2. The third-order valence-corrected chi connectivity index (χ3v) is 3.80. The summed E-state index contributed by atoms with van der Waals surface area (Å²) in [5.41, 5.74) is 1.16. The van der Waals surface area contributed by atoms with Crippen molar-refractivity contribution >= 4 is 17.7 Å². The fourth-order valence-electron chi connectivity index (χ4n) is 2.08. The number of unbranched alkanes of at least 4 members (excludes halogenated alkanes) is 1. The third-order valence-electron chi connectivity index (χ3n) is 3.10. The van der Waals surface area contributed by atoms with E-state index in [0.717, 1.165) is 30.4 Å². The zero-order valence-electron chi connectivity index (χ0n) is 14.9. The molecule has 0 bridgehead atoms. The van der Waals surface area contributed by atoms with E-state index in [2.05, 4.69) is 40.9 Å². The Morgan fingerprint density at radius 3 is 2.78 bits per heavy atom. The number of guanidine groups is 1. The van der Waals surface area contributed by atoms with Gasteiger partial charge in [0.25, 0.3) is 0 Å². The van der Waals surface area contributed by atoms with E-state index in [4.69, 9.17) is 4.74 Å². The van der Waals surface area contributed by atoms with Gasteiger partial charge in [-0.25, -0.2) is 4.99 Å². The molecule has 0 aliphatic carbocycles. The zero-order chi connectivity index (χ0) is 16.9. The number of hydrogen-bond donors (Lipinski definition) is 2. The molecule has 0 atom stereocenters. The molecule has 0 spiro atoms. The van der Waals surface area contributed by atoms with Crippen LogP contribution in [0.25, 0.3) is 0 Å². The Bertz CT molecular complexity index is 463. The van der Waals surface area contributed by atoms with E-state index < -0.39 is 0 Å². The van der Waals surface area contributed by atoms with Crippen LogP contribution in [0.1, 0.15) is 39.2 Å². The van der Waals surface area contributed by atoms with E-state index in [1.165, 1.54) is 18.6 Å². The molecule has 1 aromatic carbocycles. The molecule has 0 unspecified atom stereocenters. The van der Waals surface area contributed by atoms with Gasteiger partial charge in [-0.15, -0.1) is 0 Å². The van der Waals surface area contributed by atoms with E-state index in [1.54, 1.807) is 0 Å².